The van der Waals surface area contributed by atoms with Crippen molar-refractivity contribution in [3.8, 4) is 0 Å². The van der Waals surface area contributed by atoms with E-state index in [9.17, 15) is 19.5 Å². The molecule has 2 saturated heterocycles. The quantitative estimate of drug-likeness (QED) is 0.483. The number of nitrogens with one attached hydrogen (secondary N) is 2. The standard InChI is InChI=1S/C25H36N4O6/c1-25(2,3)21(26-23(31)32)17-9-11-19(13-17)35-27-22(30)20-12-10-18-14-28(20)24(33)29(18)34-15-16-7-5-4-6-8-16/h4-8,17-21,26H,9-15H2,1-3H3,(H,27,30)(H,31,32)/t17-,18+,19-,20-,21?/m0/s1. The minimum atomic E-state index is -1.03. The Labute approximate surface area is 205 Å². The van der Waals surface area contributed by atoms with Gasteiger partial charge in [0.2, 0.25) is 0 Å². The minimum Gasteiger partial charge on any atom is -0.465 e. The number of hydrogen-bond donors (Lipinski definition) is 3. The van der Waals surface area contributed by atoms with Crippen molar-refractivity contribution in [3.05, 3.63) is 35.9 Å². The van der Waals surface area contributed by atoms with Crippen molar-refractivity contribution in [2.75, 3.05) is 6.54 Å². The molecule has 10 heteroatoms. The first-order valence-electron chi connectivity index (χ1n) is 12.3. The fourth-order valence-corrected chi connectivity index (χ4v) is 5.56. The van der Waals surface area contributed by atoms with E-state index in [1.54, 1.807) is 4.90 Å². The molecule has 3 aliphatic rings. The second-order valence-corrected chi connectivity index (χ2v) is 10.8. The van der Waals surface area contributed by atoms with E-state index >= 15 is 0 Å². The number of carbonyl (C=O) groups excluding carboxylic acids is 2. The van der Waals surface area contributed by atoms with Crippen LogP contribution < -0.4 is 10.8 Å². The highest BCUT2D eigenvalue weighted by Gasteiger charge is 2.48. The van der Waals surface area contributed by atoms with E-state index in [1.807, 2.05) is 51.1 Å². The molecule has 2 heterocycles. The molecule has 0 radical (unpaired) electrons. The van der Waals surface area contributed by atoms with Crippen LogP contribution in [-0.2, 0) is 21.1 Å². The Bertz CT molecular complexity index is 920. The van der Waals surface area contributed by atoms with Gasteiger partial charge >= 0.3 is 12.1 Å². The molecular weight excluding hydrogens is 452 g/mol. The second-order valence-electron chi connectivity index (χ2n) is 10.8. The largest absolute Gasteiger partial charge is 0.465 e. The predicted molar refractivity (Wildman–Crippen MR) is 127 cm³/mol. The molecule has 10 nitrogen and oxygen atoms in total. The molecule has 1 aromatic rings. The van der Waals surface area contributed by atoms with E-state index in [1.165, 1.54) is 5.06 Å². The van der Waals surface area contributed by atoms with Crippen LogP contribution in [0, 0.1) is 11.3 Å². The van der Waals surface area contributed by atoms with Crippen molar-refractivity contribution >= 4 is 18.0 Å². The number of rotatable bonds is 8. The smallest absolute Gasteiger partial charge is 0.404 e. The first-order chi connectivity index (χ1) is 16.6. The topological polar surface area (TPSA) is 120 Å². The number of carboxylic acid groups (broad SMARTS) is 1. The number of benzene rings is 1. The number of urea groups is 1. The Morgan fingerprint density at radius 1 is 1.14 bits per heavy atom. The zero-order valence-electron chi connectivity index (χ0n) is 20.6. The van der Waals surface area contributed by atoms with E-state index in [0.29, 0.717) is 32.4 Å². The molecular formula is C25H36N4O6. The number of fused-ring (bicyclic) bond motifs is 2. The summed E-state index contributed by atoms with van der Waals surface area (Å²) in [5.74, 6) is -0.208. The number of nitrogens with zero attached hydrogens (tertiary/aromatic N) is 2. The highest BCUT2D eigenvalue weighted by Crippen LogP contribution is 2.37. The average molecular weight is 489 g/mol. The third kappa shape index (κ3) is 5.87. The molecule has 35 heavy (non-hydrogen) atoms. The van der Waals surface area contributed by atoms with E-state index in [-0.39, 0.29) is 41.5 Å². The summed E-state index contributed by atoms with van der Waals surface area (Å²) >= 11 is 0. The van der Waals surface area contributed by atoms with Gasteiger partial charge in [0.05, 0.1) is 12.1 Å². The van der Waals surface area contributed by atoms with Crippen LogP contribution in [0.5, 0.6) is 0 Å². The van der Waals surface area contributed by atoms with E-state index in [4.69, 9.17) is 9.68 Å². The summed E-state index contributed by atoms with van der Waals surface area (Å²) in [7, 11) is 0. The van der Waals surface area contributed by atoms with E-state index < -0.39 is 12.1 Å². The van der Waals surface area contributed by atoms with Crippen LogP contribution in [0.4, 0.5) is 9.59 Å². The van der Waals surface area contributed by atoms with Gasteiger partial charge in [0.15, 0.2) is 0 Å². The van der Waals surface area contributed by atoms with Gasteiger partial charge in [0.1, 0.15) is 12.6 Å². The van der Waals surface area contributed by atoms with Crippen LogP contribution in [0.3, 0.4) is 0 Å². The molecule has 4 rings (SSSR count). The zero-order valence-corrected chi connectivity index (χ0v) is 20.6. The van der Waals surface area contributed by atoms with Crippen LogP contribution in [0.2, 0.25) is 0 Å². The van der Waals surface area contributed by atoms with Gasteiger partial charge in [-0.15, -0.1) is 0 Å². The Morgan fingerprint density at radius 2 is 1.89 bits per heavy atom. The molecule has 192 valence electrons. The number of hydroxylamine groups is 3. The fourth-order valence-electron chi connectivity index (χ4n) is 5.56. The summed E-state index contributed by atoms with van der Waals surface area (Å²) < 4.78 is 0. The molecule has 2 aliphatic heterocycles. The SMILES string of the molecule is CC(C)(C)C(NC(=O)O)[C@H]1CC[C@H](ONC(=O)[C@@H]2CC[C@@H]3CN2C(=O)N3OCc2ccccc2)C1. The van der Waals surface area contributed by atoms with Gasteiger partial charge in [-0.3, -0.25) is 14.5 Å². The Morgan fingerprint density at radius 3 is 2.57 bits per heavy atom. The molecule has 1 saturated carbocycles. The van der Waals surface area contributed by atoms with Gasteiger partial charge in [0.25, 0.3) is 5.91 Å². The van der Waals surface area contributed by atoms with Crippen molar-refractivity contribution in [2.45, 2.75) is 83.7 Å². The van der Waals surface area contributed by atoms with Gasteiger partial charge < -0.3 is 15.3 Å². The summed E-state index contributed by atoms with van der Waals surface area (Å²) in [4.78, 5) is 50.2. The highest BCUT2D eigenvalue weighted by atomic mass is 16.7. The molecule has 5 atom stereocenters. The molecule has 3 N–H and O–H groups in total. The Hall–Kier alpha value is -2.85. The molecule has 3 fully saturated rings. The van der Waals surface area contributed by atoms with Crippen LogP contribution in [-0.4, -0.2) is 63.9 Å². The van der Waals surface area contributed by atoms with Crippen molar-refractivity contribution < 1.29 is 29.2 Å². The van der Waals surface area contributed by atoms with Crippen molar-refractivity contribution in [1.82, 2.24) is 20.8 Å². The summed E-state index contributed by atoms with van der Waals surface area (Å²) in [5.41, 5.74) is 3.32. The van der Waals surface area contributed by atoms with Crippen LogP contribution >= 0.6 is 0 Å². The third-order valence-corrected chi connectivity index (χ3v) is 7.27. The Kier molecular flexibility index (Phi) is 7.51. The molecule has 0 aromatic heterocycles. The second kappa shape index (κ2) is 10.4. The van der Waals surface area contributed by atoms with Crippen molar-refractivity contribution in [3.63, 3.8) is 0 Å². The molecule has 0 spiro atoms. The molecule has 2 bridgehead atoms. The number of amides is 4. The van der Waals surface area contributed by atoms with Gasteiger partial charge in [-0.1, -0.05) is 51.1 Å². The first-order valence-corrected chi connectivity index (χ1v) is 12.3. The van der Waals surface area contributed by atoms with Crippen LogP contribution in [0.25, 0.3) is 0 Å². The number of piperidine rings is 1. The summed E-state index contributed by atoms with van der Waals surface area (Å²) in [5, 5.41) is 13.3. The average Bonchev–Trinajstić information content (AvgIpc) is 3.37. The lowest BCUT2D eigenvalue weighted by molar-refractivity contribution is -0.144. The Balaban J connectivity index is 1.27. The zero-order chi connectivity index (χ0) is 25.2. The normalized spacial score (nSPS) is 27.1. The third-order valence-electron chi connectivity index (χ3n) is 7.27. The van der Waals surface area contributed by atoms with Gasteiger partial charge in [-0.2, -0.15) is 5.06 Å². The lowest BCUT2D eigenvalue weighted by Gasteiger charge is -2.35. The predicted octanol–water partition coefficient (Wildman–Crippen LogP) is 3.29. The van der Waals surface area contributed by atoms with Crippen LogP contribution in [0.1, 0.15) is 58.4 Å². The monoisotopic (exact) mass is 488 g/mol. The van der Waals surface area contributed by atoms with Crippen molar-refractivity contribution in [1.29, 1.82) is 0 Å². The van der Waals surface area contributed by atoms with Gasteiger partial charge in [-0.05, 0) is 49.0 Å². The first kappa shape index (κ1) is 25.2. The van der Waals surface area contributed by atoms with E-state index in [2.05, 4.69) is 10.8 Å². The number of hydrogen-bond acceptors (Lipinski definition) is 5. The fraction of sp³-hybridized carbons (Fsp3) is 0.640. The van der Waals surface area contributed by atoms with Gasteiger partial charge in [-0.25, -0.2) is 15.1 Å². The molecule has 1 unspecified atom stereocenters. The van der Waals surface area contributed by atoms with Crippen LogP contribution in [0.15, 0.2) is 30.3 Å². The summed E-state index contributed by atoms with van der Waals surface area (Å²) in [6.07, 6.45) is 2.18. The lowest BCUT2D eigenvalue weighted by atomic mass is 9.78. The number of carbonyl (C=O) groups is 3. The minimum absolute atomic E-state index is 0.0668. The molecule has 1 aromatic carbocycles. The lowest BCUT2D eigenvalue weighted by Crippen LogP contribution is -2.50. The highest BCUT2D eigenvalue weighted by molar-refractivity contribution is 5.88. The maximum absolute atomic E-state index is 12.9. The summed E-state index contributed by atoms with van der Waals surface area (Å²) in [6.45, 7) is 6.79. The maximum atomic E-state index is 12.9. The van der Waals surface area contributed by atoms with Crippen molar-refractivity contribution in [2.24, 2.45) is 11.3 Å². The maximum Gasteiger partial charge on any atom is 0.404 e. The van der Waals surface area contributed by atoms with E-state index in [0.717, 1.165) is 18.4 Å². The molecule has 1 aliphatic carbocycles. The van der Waals surface area contributed by atoms with Gasteiger partial charge in [0, 0.05) is 12.6 Å². The summed E-state index contributed by atoms with van der Waals surface area (Å²) in [6, 6.07) is 8.48. The molecule has 4 amide bonds.